The molecular weight excluding hydrogens is 321 g/mol. The van der Waals surface area contributed by atoms with E-state index in [0.29, 0.717) is 6.42 Å². The fraction of sp³-hybridized carbons (Fsp3) is 0.316. The Labute approximate surface area is 146 Å². The van der Waals surface area contributed by atoms with Gasteiger partial charge in [-0.1, -0.05) is 19.1 Å². The molecule has 1 heterocycles. The van der Waals surface area contributed by atoms with Crippen LogP contribution in [0.3, 0.4) is 0 Å². The highest BCUT2D eigenvalue weighted by Crippen LogP contribution is 2.15. The van der Waals surface area contributed by atoms with Crippen molar-refractivity contribution in [2.45, 2.75) is 32.7 Å². The highest BCUT2D eigenvalue weighted by molar-refractivity contribution is 5.94. The second kappa shape index (κ2) is 8.92. The van der Waals surface area contributed by atoms with Crippen LogP contribution in [0.15, 0.2) is 42.6 Å². The van der Waals surface area contributed by atoms with Gasteiger partial charge in [0.05, 0.1) is 17.3 Å². The van der Waals surface area contributed by atoms with Gasteiger partial charge in [-0.15, -0.1) is 0 Å². The SMILES string of the molecule is CC[C@@H](NC(=O)CCNC(=O)c1ccccc1F)c1cc(C)ccn1. The van der Waals surface area contributed by atoms with E-state index < -0.39 is 11.7 Å². The predicted molar refractivity (Wildman–Crippen MR) is 93.5 cm³/mol. The van der Waals surface area contributed by atoms with Crippen LogP contribution in [0, 0.1) is 12.7 Å². The average Bonchev–Trinajstić information content (AvgIpc) is 2.60. The molecular formula is C19H22FN3O2. The number of nitrogens with zero attached hydrogens (tertiary/aromatic N) is 1. The van der Waals surface area contributed by atoms with E-state index in [4.69, 9.17) is 0 Å². The largest absolute Gasteiger partial charge is 0.351 e. The Morgan fingerprint density at radius 2 is 2.00 bits per heavy atom. The number of carbonyl (C=O) groups excluding carboxylic acids is 2. The van der Waals surface area contributed by atoms with Crippen molar-refractivity contribution in [3.63, 3.8) is 0 Å². The van der Waals surface area contributed by atoms with Crippen LogP contribution in [0.1, 0.15) is 47.4 Å². The number of hydrogen-bond donors (Lipinski definition) is 2. The molecule has 0 aliphatic carbocycles. The number of rotatable bonds is 7. The molecule has 1 aromatic heterocycles. The van der Waals surface area contributed by atoms with Crippen molar-refractivity contribution in [1.29, 1.82) is 0 Å². The molecule has 0 aliphatic rings. The van der Waals surface area contributed by atoms with Crippen LogP contribution >= 0.6 is 0 Å². The molecule has 2 aromatic rings. The van der Waals surface area contributed by atoms with Gasteiger partial charge >= 0.3 is 0 Å². The van der Waals surface area contributed by atoms with Crippen LogP contribution in [-0.2, 0) is 4.79 Å². The molecule has 2 rings (SSSR count). The first-order valence-corrected chi connectivity index (χ1v) is 8.26. The summed E-state index contributed by atoms with van der Waals surface area (Å²) in [6.07, 6.45) is 2.54. The van der Waals surface area contributed by atoms with Crippen LogP contribution in [-0.4, -0.2) is 23.3 Å². The van der Waals surface area contributed by atoms with Gasteiger partial charge in [0, 0.05) is 19.2 Å². The van der Waals surface area contributed by atoms with Gasteiger partial charge in [0.15, 0.2) is 0 Å². The summed E-state index contributed by atoms with van der Waals surface area (Å²) in [4.78, 5) is 28.3. The summed E-state index contributed by atoms with van der Waals surface area (Å²) in [6, 6.07) is 9.40. The number of halogens is 1. The Hall–Kier alpha value is -2.76. The second-order valence-corrected chi connectivity index (χ2v) is 5.77. The van der Waals surface area contributed by atoms with E-state index in [9.17, 15) is 14.0 Å². The number of nitrogens with one attached hydrogen (secondary N) is 2. The van der Waals surface area contributed by atoms with Gasteiger partial charge < -0.3 is 10.6 Å². The van der Waals surface area contributed by atoms with Crippen molar-refractivity contribution >= 4 is 11.8 Å². The first kappa shape index (κ1) is 18.6. The molecule has 25 heavy (non-hydrogen) atoms. The van der Waals surface area contributed by atoms with Crippen molar-refractivity contribution in [3.05, 3.63) is 65.2 Å². The lowest BCUT2D eigenvalue weighted by Crippen LogP contribution is -2.33. The highest BCUT2D eigenvalue weighted by Gasteiger charge is 2.15. The second-order valence-electron chi connectivity index (χ2n) is 5.77. The topological polar surface area (TPSA) is 71.1 Å². The summed E-state index contributed by atoms with van der Waals surface area (Å²) in [5, 5.41) is 5.46. The standard InChI is InChI=1S/C19H22FN3O2/c1-3-16(17-12-13(2)8-10-21-17)23-18(24)9-11-22-19(25)14-6-4-5-7-15(14)20/h4-8,10,12,16H,3,9,11H2,1-2H3,(H,22,25)(H,23,24)/t16-/m1/s1. The van der Waals surface area contributed by atoms with Gasteiger partial charge in [0.2, 0.25) is 5.91 Å². The lowest BCUT2D eigenvalue weighted by atomic mass is 10.1. The first-order valence-electron chi connectivity index (χ1n) is 8.26. The summed E-state index contributed by atoms with van der Waals surface area (Å²) in [7, 11) is 0. The van der Waals surface area contributed by atoms with Crippen molar-refractivity contribution in [2.75, 3.05) is 6.54 Å². The zero-order valence-electron chi connectivity index (χ0n) is 14.4. The molecule has 2 amide bonds. The Balaban J connectivity index is 1.84. The summed E-state index contributed by atoms with van der Waals surface area (Å²) in [6.45, 7) is 4.07. The molecule has 0 unspecified atom stereocenters. The number of pyridine rings is 1. The Bertz CT molecular complexity index is 749. The molecule has 132 valence electrons. The quantitative estimate of drug-likeness (QED) is 0.812. The Kier molecular flexibility index (Phi) is 6.62. The molecule has 0 saturated carbocycles. The van der Waals surface area contributed by atoms with E-state index in [1.807, 2.05) is 26.0 Å². The molecule has 0 aliphatic heterocycles. The maximum absolute atomic E-state index is 13.5. The van der Waals surface area contributed by atoms with Crippen LogP contribution in [0.4, 0.5) is 4.39 Å². The minimum atomic E-state index is -0.582. The zero-order chi connectivity index (χ0) is 18.2. The van der Waals surface area contributed by atoms with Gasteiger partial charge in [0.25, 0.3) is 5.91 Å². The summed E-state index contributed by atoms with van der Waals surface area (Å²) >= 11 is 0. The van der Waals surface area contributed by atoms with E-state index in [0.717, 1.165) is 11.3 Å². The number of amides is 2. The number of hydrogen-bond acceptors (Lipinski definition) is 3. The number of aryl methyl sites for hydroxylation is 1. The normalized spacial score (nSPS) is 11.6. The third-order valence-corrected chi connectivity index (χ3v) is 3.79. The van der Waals surface area contributed by atoms with Gasteiger partial charge in [-0.2, -0.15) is 0 Å². The summed E-state index contributed by atoms with van der Waals surface area (Å²) in [5.41, 5.74) is 1.86. The maximum Gasteiger partial charge on any atom is 0.254 e. The smallest absolute Gasteiger partial charge is 0.254 e. The number of benzene rings is 1. The molecule has 0 bridgehead atoms. The number of aromatic nitrogens is 1. The third kappa shape index (κ3) is 5.38. The van der Waals surface area contributed by atoms with Crippen molar-refractivity contribution in [2.24, 2.45) is 0 Å². The minimum absolute atomic E-state index is 0.0293. The van der Waals surface area contributed by atoms with Gasteiger partial charge in [0.1, 0.15) is 5.82 Å². The minimum Gasteiger partial charge on any atom is -0.351 e. The Morgan fingerprint density at radius 3 is 2.68 bits per heavy atom. The van der Waals surface area contributed by atoms with Crippen LogP contribution in [0.5, 0.6) is 0 Å². The van der Waals surface area contributed by atoms with Gasteiger partial charge in [-0.25, -0.2) is 4.39 Å². The zero-order valence-corrected chi connectivity index (χ0v) is 14.4. The van der Waals surface area contributed by atoms with E-state index in [-0.39, 0.29) is 30.5 Å². The lowest BCUT2D eigenvalue weighted by molar-refractivity contribution is -0.121. The average molecular weight is 343 g/mol. The fourth-order valence-corrected chi connectivity index (χ4v) is 2.43. The fourth-order valence-electron chi connectivity index (χ4n) is 2.43. The Morgan fingerprint density at radius 1 is 1.24 bits per heavy atom. The molecule has 5 nitrogen and oxygen atoms in total. The monoisotopic (exact) mass is 343 g/mol. The highest BCUT2D eigenvalue weighted by atomic mass is 19.1. The summed E-state index contributed by atoms with van der Waals surface area (Å²) < 4.78 is 13.5. The van der Waals surface area contributed by atoms with E-state index in [2.05, 4.69) is 15.6 Å². The van der Waals surface area contributed by atoms with Crippen LogP contribution in [0.2, 0.25) is 0 Å². The molecule has 1 aromatic carbocycles. The molecule has 0 spiro atoms. The lowest BCUT2D eigenvalue weighted by Gasteiger charge is -2.17. The predicted octanol–water partition coefficient (Wildman–Crippen LogP) is 2.92. The molecule has 2 N–H and O–H groups in total. The number of carbonyl (C=O) groups is 2. The van der Waals surface area contributed by atoms with Crippen molar-refractivity contribution in [3.8, 4) is 0 Å². The van der Waals surface area contributed by atoms with Crippen molar-refractivity contribution < 1.29 is 14.0 Å². The van der Waals surface area contributed by atoms with E-state index >= 15 is 0 Å². The molecule has 0 fully saturated rings. The van der Waals surface area contributed by atoms with E-state index in [1.165, 1.54) is 18.2 Å². The van der Waals surface area contributed by atoms with Crippen LogP contribution < -0.4 is 10.6 Å². The first-order chi connectivity index (χ1) is 12.0. The molecule has 6 heteroatoms. The maximum atomic E-state index is 13.5. The van der Waals surface area contributed by atoms with Gasteiger partial charge in [-0.3, -0.25) is 14.6 Å². The molecule has 0 radical (unpaired) electrons. The van der Waals surface area contributed by atoms with Gasteiger partial charge in [-0.05, 0) is 43.2 Å². The third-order valence-electron chi connectivity index (χ3n) is 3.79. The van der Waals surface area contributed by atoms with E-state index in [1.54, 1.807) is 12.3 Å². The molecule has 0 saturated heterocycles. The summed E-state index contributed by atoms with van der Waals surface area (Å²) in [5.74, 6) is -1.30. The van der Waals surface area contributed by atoms with Crippen LogP contribution in [0.25, 0.3) is 0 Å². The van der Waals surface area contributed by atoms with Crippen molar-refractivity contribution in [1.82, 2.24) is 15.6 Å². The molecule has 1 atom stereocenters.